The van der Waals surface area contributed by atoms with Crippen LogP contribution in [0.2, 0.25) is 0 Å². The van der Waals surface area contributed by atoms with E-state index in [0.29, 0.717) is 30.4 Å². The molecule has 0 aliphatic carbocycles. The molecule has 4 nitrogen and oxygen atoms in total. The van der Waals surface area contributed by atoms with Crippen LogP contribution >= 0.6 is 0 Å². The number of hydrogen-bond donors (Lipinski definition) is 1. The molecule has 1 aliphatic rings. The zero-order valence-corrected chi connectivity index (χ0v) is 11.8. The molecule has 0 spiro atoms. The largest absolute Gasteiger partial charge is 0.507 e. The van der Waals surface area contributed by atoms with E-state index in [1.807, 2.05) is 43.3 Å². The van der Waals surface area contributed by atoms with Crippen molar-refractivity contribution in [2.45, 2.75) is 13.0 Å². The molecule has 0 saturated carbocycles. The molecule has 2 aromatic rings. The second kappa shape index (κ2) is 5.87. The quantitative estimate of drug-likeness (QED) is 0.936. The van der Waals surface area contributed by atoms with Gasteiger partial charge in [0.25, 0.3) is 0 Å². The SMILES string of the molecule is CC(Oc1ccc(C2=NCCO2)c(O)c1)c1ccccc1. The second-order valence-electron chi connectivity index (χ2n) is 4.89. The molecule has 4 heteroatoms. The van der Waals surface area contributed by atoms with E-state index in [2.05, 4.69) is 4.99 Å². The van der Waals surface area contributed by atoms with Crippen LogP contribution in [0.4, 0.5) is 0 Å². The van der Waals surface area contributed by atoms with Crippen LogP contribution in [0.25, 0.3) is 0 Å². The number of benzene rings is 2. The molecule has 0 fully saturated rings. The fourth-order valence-corrected chi connectivity index (χ4v) is 2.26. The molecule has 1 heterocycles. The molecule has 0 radical (unpaired) electrons. The summed E-state index contributed by atoms with van der Waals surface area (Å²) in [6.45, 7) is 3.18. The van der Waals surface area contributed by atoms with E-state index in [-0.39, 0.29) is 11.9 Å². The van der Waals surface area contributed by atoms with Crippen LogP contribution in [0.5, 0.6) is 11.5 Å². The number of phenolic OH excluding ortho intramolecular Hbond substituents is 1. The molecule has 21 heavy (non-hydrogen) atoms. The predicted octanol–water partition coefficient (Wildman–Crippen LogP) is 3.31. The van der Waals surface area contributed by atoms with Gasteiger partial charge in [0.15, 0.2) is 0 Å². The third kappa shape index (κ3) is 2.99. The molecule has 0 bridgehead atoms. The summed E-state index contributed by atoms with van der Waals surface area (Å²) in [5.41, 5.74) is 1.69. The first-order valence-corrected chi connectivity index (χ1v) is 6.96. The summed E-state index contributed by atoms with van der Waals surface area (Å²) in [7, 11) is 0. The van der Waals surface area contributed by atoms with Gasteiger partial charge in [-0.05, 0) is 24.6 Å². The molecule has 3 rings (SSSR count). The first kappa shape index (κ1) is 13.5. The van der Waals surface area contributed by atoms with Gasteiger partial charge in [0.1, 0.15) is 24.2 Å². The van der Waals surface area contributed by atoms with E-state index in [9.17, 15) is 5.11 Å². The van der Waals surface area contributed by atoms with Gasteiger partial charge in [-0.15, -0.1) is 0 Å². The fraction of sp³-hybridized carbons (Fsp3) is 0.235. The van der Waals surface area contributed by atoms with Crippen LogP contribution in [0.1, 0.15) is 24.2 Å². The molecule has 0 amide bonds. The topological polar surface area (TPSA) is 51.0 Å². The average molecular weight is 283 g/mol. The van der Waals surface area contributed by atoms with Gasteiger partial charge in [-0.3, -0.25) is 0 Å². The van der Waals surface area contributed by atoms with Crippen molar-refractivity contribution < 1.29 is 14.6 Å². The van der Waals surface area contributed by atoms with E-state index in [4.69, 9.17) is 9.47 Å². The Morgan fingerprint density at radius 3 is 2.67 bits per heavy atom. The van der Waals surface area contributed by atoms with Gasteiger partial charge in [-0.2, -0.15) is 0 Å². The predicted molar refractivity (Wildman–Crippen MR) is 80.9 cm³/mol. The van der Waals surface area contributed by atoms with Crippen molar-refractivity contribution in [2.24, 2.45) is 4.99 Å². The Morgan fingerprint density at radius 2 is 2.00 bits per heavy atom. The maximum absolute atomic E-state index is 10.1. The first-order chi connectivity index (χ1) is 10.2. The highest BCUT2D eigenvalue weighted by atomic mass is 16.5. The molecular weight excluding hydrogens is 266 g/mol. The molecule has 1 atom stereocenters. The van der Waals surface area contributed by atoms with E-state index in [0.717, 1.165) is 5.56 Å². The third-order valence-corrected chi connectivity index (χ3v) is 3.37. The number of hydrogen-bond acceptors (Lipinski definition) is 4. The van der Waals surface area contributed by atoms with Crippen molar-refractivity contribution in [3.8, 4) is 11.5 Å². The van der Waals surface area contributed by atoms with E-state index < -0.39 is 0 Å². The lowest BCUT2D eigenvalue weighted by Crippen LogP contribution is -2.04. The van der Waals surface area contributed by atoms with Gasteiger partial charge < -0.3 is 14.6 Å². The van der Waals surface area contributed by atoms with Gasteiger partial charge in [0.05, 0.1) is 12.1 Å². The molecular formula is C17H17NO3. The van der Waals surface area contributed by atoms with Crippen LogP contribution in [0.15, 0.2) is 53.5 Å². The van der Waals surface area contributed by atoms with Crippen LogP contribution in [-0.4, -0.2) is 24.2 Å². The minimum Gasteiger partial charge on any atom is -0.507 e. The maximum Gasteiger partial charge on any atom is 0.220 e. The van der Waals surface area contributed by atoms with Crippen LogP contribution in [0, 0.1) is 0 Å². The number of rotatable bonds is 4. The van der Waals surface area contributed by atoms with Gasteiger partial charge in [-0.1, -0.05) is 30.3 Å². The van der Waals surface area contributed by atoms with Crippen molar-refractivity contribution in [1.29, 1.82) is 0 Å². The summed E-state index contributed by atoms with van der Waals surface area (Å²) in [6.07, 6.45) is -0.0866. The number of aromatic hydroxyl groups is 1. The van der Waals surface area contributed by atoms with E-state index >= 15 is 0 Å². The summed E-state index contributed by atoms with van der Waals surface area (Å²) in [4.78, 5) is 4.20. The molecule has 1 N–H and O–H groups in total. The Balaban J connectivity index is 1.76. The van der Waals surface area contributed by atoms with Crippen molar-refractivity contribution in [2.75, 3.05) is 13.2 Å². The molecule has 108 valence electrons. The van der Waals surface area contributed by atoms with Crippen LogP contribution < -0.4 is 4.74 Å². The van der Waals surface area contributed by atoms with E-state index in [1.165, 1.54) is 0 Å². The number of ether oxygens (including phenoxy) is 2. The van der Waals surface area contributed by atoms with Crippen molar-refractivity contribution in [1.82, 2.24) is 0 Å². The Morgan fingerprint density at radius 1 is 1.19 bits per heavy atom. The van der Waals surface area contributed by atoms with Gasteiger partial charge in [0, 0.05) is 6.07 Å². The summed E-state index contributed by atoms with van der Waals surface area (Å²) in [5.74, 6) is 1.23. The Kier molecular flexibility index (Phi) is 3.77. The highest BCUT2D eigenvalue weighted by Gasteiger charge is 2.16. The zero-order chi connectivity index (χ0) is 14.7. The Bertz CT molecular complexity index is 652. The number of phenols is 1. The van der Waals surface area contributed by atoms with Gasteiger partial charge >= 0.3 is 0 Å². The average Bonchev–Trinajstić information content (AvgIpc) is 3.02. The smallest absolute Gasteiger partial charge is 0.220 e. The third-order valence-electron chi connectivity index (χ3n) is 3.37. The van der Waals surface area contributed by atoms with Gasteiger partial charge in [-0.25, -0.2) is 4.99 Å². The highest BCUT2D eigenvalue weighted by molar-refractivity contribution is 5.97. The lowest BCUT2D eigenvalue weighted by molar-refractivity contribution is 0.226. The highest BCUT2D eigenvalue weighted by Crippen LogP contribution is 2.28. The minimum absolute atomic E-state index is 0.0866. The number of nitrogens with zero attached hydrogens (tertiary/aromatic N) is 1. The van der Waals surface area contributed by atoms with Crippen molar-refractivity contribution >= 4 is 5.90 Å². The second-order valence-corrected chi connectivity index (χ2v) is 4.89. The van der Waals surface area contributed by atoms with Crippen molar-refractivity contribution in [3.05, 3.63) is 59.7 Å². The van der Waals surface area contributed by atoms with Crippen LogP contribution in [-0.2, 0) is 4.74 Å². The van der Waals surface area contributed by atoms with Crippen molar-refractivity contribution in [3.63, 3.8) is 0 Å². The fourth-order valence-electron chi connectivity index (χ4n) is 2.26. The Hall–Kier alpha value is -2.49. The minimum atomic E-state index is -0.0866. The van der Waals surface area contributed by atoms with Gasteiger partial charge in [0.2, 0.25) is 5.90 Å². The summed E-state index contributed by atoms with van der Waals surface area (Å²) >= 11 is 0. The molecule has 1 aliphatic heterocycles. The molecule has 0 saturated heterocycles. The molecule has 2 aromatic carbocycles. The summed E-state index contributed by atoms with van der Waals surface area (Å²) in [5, 5.41) is 10.1. The number of aliphatic imine (C=N–C) groups is 1. The molecule has 0 aromatic heterocycles. The Labute approximate surface area is 123 Å². The normalized spacial score (nSPS) is 15.2. The summed E-state index contributed by atoms with van der Waals surface area (Å²) < 4.78 is 11.2. The lowest BCUT2D eigenvalue weighted by Gasteiger charge is -2.16. The zero-order valence-electron chi connectivity index (χ0n) is 11.8. The van der Waals surface area contributed by atoms with Crippen LogP contribution in [0.3, 0.4) is 0 Å². The van der Waals surface area contributed by atoms with E-state index in [1.54, 1.807) is 12.1 Å². The monoisotopic (exact) mass is 283 g/mol. The standard InChI is InChI=1S/C17H17NO3/c1-12(13-5-3-2-4-6-13)21-14-7-8-15(16(19)11-14)17-18-9-10-20-17/h2-8,11-12,19H,9-10H2,1H3. The maximum atomic E-state index is 10.1. The first-order valence-electron chi connectivity index (χ1n) is 6.96. The summed E-state index contributed by atoms with van der Waals surface area (Å²) in [6, 6.07) is 15.1. The lowest BCUT2D eigenvalue weighted by atomic mass is 10.1. The molecule has 1 unspecified atom stereocenters.